The van der Waals surface area contributed by atoms with Crippen LogP contribution in [0.3, 0.4) is 0 Å². The highest BCUT2D eigenvalue weighted by atomic mass is 32.1. The third-order valence-corrected chi connectivity index (χ3v) is 4.75. The summed E-state index contributed by atoms with van der Waals surface area (Å²) in [5.74, 6) is -0.0301. The summed E-state index contributed by atoms with van der Waals surface area (Å²) in [6, 6.07) is 1.92. The highest BCUT2D eigenvalue weighted by Crippen LogP contribution is 2.22. The van der Waals surface area contributed by atoms with Crippen LogP contribution in [0, 0.1) is 13.8 Å². The number of nitrogens with zero attached hydrogens (tertiary/aromatic N) is 5. The van der Waals surface area contributed by atoms with Gasteiger partial charge in [-0.3, -0.25) is 13.9 Å². The van der Waals surface area contributed by atoms with Crippen molar-refractivity contribution in [1.29, 1.82) is 0 Å². The second kappa shape index (κ2) is 5.81. The first kappa shape index (κ1) is 15.7. The first-order valence-electron chi connectivity index (χ1n) is 7.61. The molecule has 3 aromatic rings. The average Bonchev–Trinajstić information content (AvgIpc) is 3.15. The lowest BCUT2D eigenvalue weighted by atomic mass is 10.3. The largest absolute Gasteiger partial charge is 0.334 e. The molecule has 3 heterocycles. The molecular weight excluding hydrogens is 310 g/mol. The van der Waals surface area contributed by atoms with E-state index in [-0.39, 0.29) is 11.9 Å². The Balaban J connectivity index is 1.88. The number of carbonyl (C=O) groups is 1. The van der Waals surface area contributed by atoms with Crippen molar-refractivity contribution in [3.63, 3.8) is 0 Å². The molecule has 0 bridgehead atoms. The van der Waals surface area contributed by atoms with Gasteiger partial charge < -0.3 is 4.90 Å². The van der Waals surface area contributed by atoms with E-state index in [9.17, 15) is 4.79 Å². The first-order chi connectivity index (χ1) is 10.9. The van der Waals surface area contributed by atoms with Crippen molar-refractivity contribution in [2.45, 2.75) is 40.3 Å². The average molecular weight is 331 g/mol. The van der Waals surface area contributed by atoms with Crippen LogP contribution in [0.1, 0.15) is 46.6 Å². The number of imidazole rings is 1. The molecule has 0 aromatic carbocycles. The van der Waals surface area contributed by atoms with Crippen molar-refractivity contribution in [2.24, 2.45) is 0 Å². The maximum absolute atomic E-state index is 12.7. The van der Waals surface area contributed by atoms with E-state index in [4.69, 9.17) is 0 Å². The van der Waals surface area contributed by atoms with Crippen molar-refractivity contribution >= 4 is 22.2 Å². The second-order valence-electron chi connectivity index (χ2n) is 6.05. The Hall–Kier alpha value is -2.15. The molecule has 3 aromatic heterocycles. The molecule has 0 aliphatic carbocycles. The molecule has 7 heteroatoms. The SMILES string of the molecule is Cc1cn2c(CN(C)C(=O)c3ccnn3C(C)C)c(C)nc2s1. The summed E-state index contributed by atoms with van der Waals surface area (Å²) in [6.45, 7) is 8.60. The number of aromatic nitrogens is 4. The highest BCUT2D eigenvalue weighted by Gasteiger charge is 2.20. The molecular formula is C16H21N5OS. The number of rotatable bonds is 4. The molecule has 0 unspecified atom stereocenters. The fourth-order valence-electron chi connectivity index (χ4n) is 2.69. The van der Waals surface area contributed by atoms with Gasteiger partial charge in [-0.1, -0.05) is 0 Å². The molecule has 0 aliphatic rings. The van der Waals surface area contributed by atoms with Crippen LogP contribution in [0.25, 0.3) is 4.96 Å². The summed E-state index contributed by atoms with van der Waals surface area (Å²) >= 11 is 1.66. The minimum Gasteiger partial charge on any atom is -0.334 e. The zero-order chi connectivity index (χ0) is 16.7. The number of aryl methyl sites for hydroxylation is 2. The molecule has 0 radical (unpaired) electrons. The number of thiazole rings is 1. The Morgan fingerprint density at radius 3 is 2.83 bits per heavy atom. The van der Waals surface area contributed by atoms with Crippen molar-refractivity contribution in [3.8, 4) is 0 Å². The third kappa shape index (κ3) is 2.76. The molecule has 122 valence electrons. The topological polar surface area (TPSA) is 55.4 Å². The molecule has 0 N–H and O–H groups in total. The number of fused-ring (bicyclic) bond motifs is 1. The Bertz CT molecular complexity index is 857. The van der Waals surface area contributed by atoms with Gasteiger partial charge in [0.2, 0.25) is 0 Å². The van der Waals surface area contributed by atoms with Gasteiger partial charge >= 0.3 is 0 Å². The molecule has 0 atom stereocenters. The number of hydrogen-bond donors (Lipinski definition) is 0. The summed E-state index contributed by atoms with van der Waals surface area (Å²) in [7, 11) is 1.82. The van der Waals surface area contributed by atoms with Gasteiger partial charge in [0.05, 0.1) is 17.9 Å². The van der Waals surface area contributed by atoms with Crippen LogP contribution >= 0.6 is 11.3 Å². The molecule has 3 rings (SSSR count). The lowest BCUT2D eigenvalue weighted by Crippen LogP contribution is -2.29. The van der Waals surface area contributed by atoms with E-state index >= 15 is 0 Å². The minimum atomic E-state index is -0.0301. The van der Waals surface area contributed by atoms with Crippen LogP contribution < -0.4 is 0 Å². The molecule has 1 amide bonds. The summed E-state index contributed by atoms with van der Waals surface area (Å²) in [4.78, 5) is 21.2. The maximum atomic E-state index is 12.7. The lowest BCUT2D eigenvalue weighted by molar-refractivity contribution is 0.0768. The molecule has 0 saturated carbocycles. The Morgan fingerprint density at radius 1 is 1.39 bits per heavy atom. The quantitative estimate of drug-likeness (QED) is 0.738. The maximum Gasteiger partial charge on any atom is 0.272 e. The van der Waals surface area contributed by atoms with Gasteiger partial charge in [-0.2, -0.15) is 5.10 Å². The highest BCUT2D eigenvalue weighted by molar-refractivity contribution is 7.17. The summed E-state index contributed by atoms with van der Waals surface area (Å²) < 4.78 is 3.84. The van der Waals surface area contributed by atoms with Gasteiger partial charge in [0.1, 0.15) is 5.69 Å². The summed E-state index contributed by atoms with van der Waals surface area (Å²) in [6.07, 6.45) is 3.75. The Morgan fingerprint density at radius 2 is 2.13 bits per heavy atom. The fourth-order valence-corrected chi connectivity index (χ4v) is 3.58. The van der Waals surface area contributed by atoms with E-state index in [0.29, 0.717) is 12.2 Å². The number of carbonyl (C=O) groups excluding carboxylic acids is 1. The van der Waals surface area contributed by atoms with Crippen LogP contribution in [0.2, 0.25) is 0 Å². The molecule has 0 aliphatic heterocycles. The van der Waals surface area contributed by atoms with E-state index in [1.807, 2.05) is 27.8 Å². The van der Waals surface area contributed by atoms with Gasteiger partial charge in [0, 0.05) is 30.4 Å². The smallest absolute Gasteiger partial charge is 0.272 e. The second-order valence-corrected chi connectivity index (χ2v) is 7.27. The molecule has 0 spiro atoms. The van der Waals surface area contributed by atoms with Crippen molar-refractivity contribution < 1.29 is 4.79 Å². The lowest BCUT2D eigenvalue weighted by Gasteiger charge is -2.19. The molecule has 23 heavy (non-hydrogen) atoms. The van der Waals surface area contributed by atoms with E-state index in [1.54, 1.807) is 33.2 Å². The predicted octanol–water partition coefficient (Wildman–Crippen LogP) is 3.06. The molecule has 6 nitrogen and oxygen atoms in total. The van der Waals surface area contributed by atoms with Gasteiger partial charge in [-0.05, 0) is 33.8 Å². The standard InChI is InChI=1S/C16H21N5OS/c1-10(2)21-13(6-7-17-21)15(22)19(5)9-14-12(4)18-16-20(14)8-11(3)23-16/h6-8,10H,9H2,1-5H3. The van der Waals surface area contributed by atoms with E-state index in [0.717, 1.165) is 16.3 Å². The summed E-state index contributed by atoms with van der Waals surface area (Å²) in [5.41, 5.74) is 2.63. The normalized spacial score (nSPS) is 11.6. The monoisotopic (exact) mass is 331 g/mol. The Labute approximate surface area is 139 Å². The Kier molecular flexibility index (Phi) is 3.97. The fraction of sp³-hybridized carbons (Fsp3) is 0.438. The van der Waals surface area contributed by atoms with Crippen LogP contribution in [0.4, 0.5) is 0 Å². The van der Waals surface area contributed by atoms with E-state index in [1.165, 1.54) is 4.88 Å². The first-order valence-corrected chi connectivity index (χ1v) is 8.43. The van der Waals surface area contributed by atoms with E-state index in [2.05, 4.69) is 27.6 Å². The van der Waals surface area contributed by atoms with Crippen LogP contribution in [0.5, 0.6) is 0 Å². The van der Waals surface area contributed by atoms with E-state index < -0.39 is 0 Å². The third-order valence-electron chi connectivity index (χ3n) is 3.85. The van der Waals surface area contributed by atoms with Crippen molar-refractivity contribution in [2.75, 3.05) is 7.05 Å². The minimum absolute atomic E-state index is 0.0301. The van der Waals surface area contributed by atoms with Gasteiger partial charge in [0.15, 0.2) is 4.96 Å². The molecule has 0 fully saturated rings. The van der Waals surface area contributed by atoms with Crippen molar-refractivity contribution in [3.05, 3.63) is 40.4 Å². The van der Waals surface area contributed by atoms with Gasteiger partial charge in [-0.15, -0.1) is 11.3 Å². The van der Waals surface area contributed by atoms with Gasteiger partial charge in [0.25, 0.3) is 5.91 Å². The molecule has 0 saturated heterocycles. The number of amides is 1. The number of hydrogen-bond acceptors (Lipinski definition) is 4. The van der Waals surface area contributed by atoms with Gasteiger partial charge in [-0.25, -0.2) is 4.98 Å². The zero-order valence-electron chi connectivity index (χ0n) is 14.1. The van der Waals surface area contributed by atoms with Crippen molar-refractivity contribution in [1.82, 2.24) is 24.1 Å². The predicted molar refractivity (Wildman–Crippen MR) is 91.0 cm³/mol. The van der Waals surface area contributed by atoms with Crippen LogP contribution in [0.15, 0.2) is 18.5 Å². The summed E-state index contributed by atoms with van der Waals surface area (Å²) in [5, 5.41) is 4.24. The van der Waals surface area contributed by atoms with Crippen LogP contribution in [-0.4, -0.2) is 37.0 Å². The zero-order valence-corrected chi connectivity index (χ0v) is 14.9. The van der Waals surface area contributed by atoms with Crippen LogP contribution in [-0.2, 0) is 6.54 Å².